The van der Waals surface area contributed by atoms with E-state index in [4.69, 9.17) is 19.3 Å². The molecule has 1 rings (SSSR count). The van der Waals surface area contributed by atoms with E-state index in [9.17, 15) is 4.79 Å². The zero-order valence-corrected chi connectivity index (χ0v) is 10.2. The van der Waals surface area contributed by atoms with Gasteiger partial charge in [-0.1, -0.05) is 0 Å². The lowest BCUT2D eigenvalue weighted by molar-refractivity contribution is -0.154. The third-order valence-corrected chi connectivity index (χ3v) is 2.40. The van der Waals surface area contributed by atoms with Gasteiger partial charge in [0.05, 0.1) is 12.7 Å². The average Bonchev–Trinajstić information content (AvgIpc) is 2.38. The predicted octanol–water partition coefficient (Wildman–Crippen LogP) is 0.840. The van der Waals surface area contributed by atoms with E-state index < -0.39 is 5.79 Å². The molecule has 1 aliphatic heterocycles. The number of hydrogen-bond donors (Lipinski definition) is 1. The molecule has 5 heteroatoms. The second kappa shape index (κ2) is 5.12. The maximum Gasteiger partial charge on any atom is 0.302 e. The summed E-state index contributed by atoms with van der Waals surface area (Å²) in [6, 6.07) is 0. The van der Waals surface area contributed by atoms with Gasteiger partial charge in [-0.05, 0) is 20.8 Å². The van der Waals surface area contributed by atoms with E-state index in [0.717, 1.165) is 0 Å². The van der Waals surface area contributed by atoms with Gasteiger partial charge in [0.2, 0.25) is 0 Å². The van der Waals surface area contributed by atoms with E-state index in [0.29, 0.717) is 6.42 Å². The molecule has 16 heavy (non-hydrogen) atoms. The Balaban J connectivity index is 2.49. The molecule has 1 fully saturated rings. The summed E-state index contributed by atoms with van der Waals surface area (Å²) >= 11 is 0. The van der Waals surface area contributed by atoms with Crippen LogP contribution in [-0.4, -0.2) is 41.8 Å². The summed E-state index contributed by atoms with van der Waals surface area (Å²) in [5.41, 5.74) is 0. The summed E-state index contributed by atoms with van der Waals surface area (Å²) in [4.78, 5) is 10.8. The van der Waals surface area contributed by atoms with Gasteiger partial charge in [-0.3, -0.25) is 4.79 Å². The summed E-state index contributed by atoms with van der Waals surface area (Å²) < 4.78 is 16.2. The number of hydrogen-bond acceptors (Lipinski definition) is 5. The van der Waals surface area contributed by atoms with Crippen molar-refractivity contribution >= 4 is 5.97 Å². The minimum absolute atomic E-state index is 0.0963. The lowest BCUT2D eigenvalue weighted by Crippen LogP contribution is -2.30. The van der Waals surface area contributed by atoms with Gasteiger partial charge in [0.1, 0.15) is 12.2 Å². The fraction of sp³-hybridized carbons (Fsp3) is 0.909. The summed E-state index contributed by atoms with van der Waals surface area (Å²) in [6.07, 6.45) is -0.315. The quantitative estimate of drug-likeness (QED) is 0.728. The highest BCUT2D eigenvalue weighted by molar-refractivity contribution is 5.66. The van der Waals surface area contributed by atoms with Crippen LogP contribution in [0.5, 0.6) is 0 Å². The molecule has 0 saturated carbocycles. The number of rotatable bonds is 4. The second-order valence-corrected chi connectivity index (χ2v) is 4.55. The summed E-state index contributed by atoms with van der Waals surface area (Å²) in [5.74, 6) is -1.00. The molecule has 0 unspecified atom stereocenters. The van der Waals surface area contributed by atoms with Crippen LogP contribution in [0.3, 0.4) is 0 Å². The molecule has 0 aromatic heterocycles. The smallest absolute Gasteiger partial charge is 0.302 e. The summed E-state index contributed by atoms with van der Waals surface area (Å²) in [6.45, 7) is 6.67. The molecule has 0 spiro atoms. The Labute approximate surface area is 95.7 Å². The third kappa shape index (κ3) is 3.73. The molecule has 1 N–H and O–H groups in total. The van der Waals surface area contributed by atoms with Crippen molar-refractivity contribution in [2.45, 2.75) is 58.2 Å². The standard InChI is InChI=1S/C11H20O5/c1-7(14-8(2)13)5-9-10(6-12)16-11(3,4)15-9/h7,9-10,12H,5-6H2,1-4H3/t7-,9+,10+/m1/s1. The molecule has 0 aromatic rings. The van der Waals surface area contributed by atoms with E-state index in [1.165, 1.54) is 6.92 Å². The lowest BCUT2D eigenvalue weighted by Gasteiger charge is -2.19. The maximum absolute atomic E-state index is 10.8. The first-order chi connectivity index (χ1) is 7.34. The minimum Gasteiger partial charge on any atom is -0.463 e. The van der Waals surface area contributed by atoms with Crippen molar-refractivity contribution in [3.8, 4) is 0 Å². The van der Waals surface area contributed by atoms with Crippen molar-refractivity contribution in [3.63, 3.8) is 0 Å². The largest absolute Gasteiger partial charge is 0.463 e. The number of carbonyl (C=O) groups excluding carboxylic acids is 1. The van der Waals surface area contributed by atoms with Crippen LogP contribution < -0.4 is 0 Å². The SMILES string of the molecule is CC(=O)O[C@H](C)C[C@@H]1OC(C)(C)O[C@H]1CO. The van der Waals surface area contributed by atoms with E-state index in [1.54, 1.807) is 20.8 Å². The number of aliphatic hydroxyl groups excluding tert-OH is 1. The fourth-order valence-electron chi connectivity index (χ4n) is 1.92. The first kappa shape index (κ1) is 13.4. The van der Waals surface area contributed by atoms with Crippen molar-refractivity contribution < 1.29 is 24.1 Å². The first-order valence-corrected chi connectivity index (χ1v) is 5.48. The van der Waals surface area contributed by atoms with Gasteiger partial charge in [0.15, 0.2) is 5.79 Å². The van der Waals surface area contributed by atoms with Gasteiger partial charge >= 0.3 is 5.97 Å². The topological polar surface area (TPSA) is 65.0 Å². The zero-order chi connectivity index (χ0) is 12.3. The molecule has 94 valence electrons. The zero-order valence-electron chi connectivity index (χ0n) is 10.2. The molecule has 1 saturated heterocycles. The lowest BCUT2D eigenvalue weighted by atomic mass is 10.1. The molecule has 0 amide bonds. The molecular weight excluding hydrogens is 212 g/mol. The van der Waals surface area contributed by atoms with Crippen molar-refractivity contribution in [2.75, 3.05) is 6.61 Å². The molecule has 5 nitrogen and oxygen atoms in total. The highest BCUT2D eigenvalue weighted by atomic mass is 16.8. The van der Waals surface area contributed by atoms with Crippen molar-refractivity contribution in [1.29, 1.82) is 0 Å². The van der Waals surface area contributed by atoms with Crippen molar-refractivity contribution in [3.05, 3.63) is 0 Å². The fourth-order valence-corrected chi connectivity index (χ4v) is 1.92. The Kier molecular flexibility index (Phi) is 4.29. The van der Waals surface area contributed by atoms with Crippen LogP contribution in [0.25, 0.3) is 0 Å². The molecule has 1 aliphatic rings. The molecule has 0 bridgehead atoms. The number of esters is 1. The Hall–Kier alpha value is -0.650. The van der Waals surface area contributed by atoms with Gasteiger partial charge in [-0.25, -0.2) is 0 Å². The molecule has 0 aliphatic carbocycles. The Bertz CT molecular complexity index is 251. The van der Waals surface area contributed by atoms with Crippen LogP contribution in [-0.2, 0) is 19.0 Å². The Morgan fingerprint density at radius 2 is 2.00 bits per heavy atom. The minimum atomic E-state index is -0.687. The number of carbonyl (C=O) groups is 1. The van der Waals surface area contributed by atoms with E-state index in [2.05, 4.69) is 0 Å². The summed E-state index contributed by atoms with van der Waals surface area (Å²) in [7, 11) is 0. The van der Waals surface area contributed by atoms with Crippen LogP contribution >= 0.6 is 0 Å². The highest BCUT2D eigenvalue weighted by Crippen LogP contribution is 2.30. The summed E-state index contributed by atoms with van der Waals surface area (Å²) in [5, 5.41) is 9.15. The second-order valence-electron chi connectivity index (χ2n) is 4.55. The van der Waals surface area contributed by atoms with Gasteiger partial charge in [0.25, 0.3) is 0 Å². The molecule has 0 radical (unpaired) electrons. The normalized spacial score (nSPS) is 30.1. The van der Waals surface area contributed by atoms with Crippen LogP contribution in [0, 0.1) is 0 Å². The average molecular weight is 232 g/mol. The molecule has 3 atom stereocenters. The van der Waals surface area contributed by atoms with Crippen molar-refractivity contribution in [2.24, 2.45) is 0 Å². The molecule has 1 heterocycles. The number of aliphatic hydroxyl groups is 1. The Morgan fingerprint density at radius 1 is 1.44 bits per heavy atom. The molecule has 0 aromatic carbocycles. The van der Waals surface area contributed by atoms with Gasteiger partial charge in [-0.2, -0.15) is 0 Å². The molecular formula is C11H20O5. The van der Waals surface area contributed by atoms with E-state index in [-0.39, 0.29) is 30.9 Å². The van der Waals surface area contributed by atoms with Gasteiger partial charge < -0.3 is 19.3 Å². The van der Waals surface area contributed by atoms with Crippen molar-refractivity contribution in [1.82, 2.24) is 0 Å². The van der Waals surface area contributed by atoms with E-state index in [1.807, 2.05) is 0 Å². The van der Waals surface area contributed by atoms with Gasteiger partial charge in [0, 0.05) is 13.3 Å². The van der Waals surface area contributed by atoms with Crippen LogP contribution in [0.2, 0.25) is 0 Å². The van der Waals surface area contributed by atoms with E-state index >= 15 is 0 Å². The maximum atomic E-state index is 10.8. The predicted molar refractivity (Wildman–Crippen MR) is 56.8 cm³/mol. The highest BCUT2D eigenvalue weighted by Gasteiger charge is 2.41. The third-order valence-electron chi connectivity index (χ3n) is 2.40. The Morgan fingerprint density at radius 3 is 2.50 bits per heavy atom. The number of ether oxygens (including phenoxy) is 3. The van der Waals surface area contributed by atoms with Crippen LogP contribution in [0.4, 0.5) is 0 Å². The van der Waals surface area contributed by atoms with Crippen LogP contribution in [0.15, 0.2) is 0 Å². The van der Waals surface area contributed by atoms with Gasteiger partial charge in [-0.15, -0.1) is 0 Å². The first-order valence-electron chi connectivity index (χ1n) is 5.48. The van der Waals surface area contributed by atoms with Crippen LogP contribution in [0.1, 0.15) is 34.1 Å². The monoisotopic (exact) mass is 232 g/mol.